The summed E-state index contributed by atoms with van der Waals surface area (Å²) in [6.07, 6.45) is 0.103. The number of fused-ring (bicyclic) bond motifs is 1. The summed E-state index contributed by atoms with van der Waals surface area (Å²) in [6.45, 7) is 0.172. The number of H-pyrrole nitrogens is 1. The molecule has 0 radical (unpaired) electrons. The van der Waals surface area contributed by atoms with Gasteiger partial charge < -0.3 is 16.4 Å². The van der Waals surface area contributed by atoms with E-state index in [1.807, 2.05) is 18.2 Å². The second-order valence-electron chi connectivity index (χ2n) is 5.61. The number of benzene rings is 2. The number of hydrogen-bond acceptors (Lipinski definition) is 4. The highest BCUT2D eigenvalue weighted by Crippen LogP contribution is 2.14. The highest BCUT2D eigenvalue weighted by atomic mass is 16.2. The second-order valence-corrected chi connectivity index (χ2v) is 5.61. The molecule has 1 heterocycles. The van der Waals surface area contributed by atoms with Crippen LogP contribution in [0.1, 0.15) is 27.3 Å². The maximum Gasteiger partial charge on any atom is 0.272 e. The first-order chi connectivity index (χ1) is 12.5. The van der Waals surface area contributed by atoms with Gasteiger partial charge in [0.25, 0.3) is 5.91 Å². The minimum Gasteiger partial charge on any atom is -0.366 e. The monoisotopic (exact) mass is 351 g/mol. The van der Waals surface area contributed by atoms with Crippen molar-refractivity contribution in [3.63, 3.8) is 0 Å². The number of primary amides is 1. The standard InChI is InChI=1S/C18H17N5O3/c19-17(25)11-5-7-12(8-6-11)21-15(24)9-10-20-18(26)16-13-3-1-2-4-14(13)22-23-16/h1-8H,9-10H2,(H2,19,25)(H,20,26)(H,21,24)(H,22,23). The summed E-state index contributed by atoms with van der Waals surface area (Å²) in [7, 11) is 0. The number of aromatic amines is 1. The average Bonchev–Trinajstić information content (AvgIpc) is 3.06. The molecule has 0 atom stereocenters. The fourth-order valence-corrected chi connectivity index (χ4v) is 2.45. The van der Waals surface area contributed by atoms with E-state index in [0.717, 1.165) is 10.9 Å². The molecule has 1 aromatic heterocycles. The number of nitrogens with zero attached hydrogens (tertiary/aromatic N) is 1. The first-order valence-electron chi connectivity index (χ1n) is 7.95. The number of nitrogens with one attached hydrogen (secondary N) is 3. The molecule has 0 unspecified atom stereocenters. The van der Waals surface area contributed by atoms with Gasteiger partial charge in [-0.1, -0.05) is 18.2 Å². The number of amides is 3. The third-order valence-electron chi connectivity index (χ3n) is 3.78. The summed E-state index contributed by atoms with van der Waals surface area (Å²) < 4.78 is 0. The van der Waals surface area contributed by atoms with Gasteiger partial charge in [-0.15, -0.1) is 0 Å². The van der Waals surface area contributed by atoms with E-state index in [4.69, 9.17) is 5.73 Å². The maximum atomic E-state index is 12.2. The minimum absolute atomic E-state index is 0.103. The summed E-state index contributed by atoms with van der Waals surface area (Å²) in [5.74, 6) is -1.14. The largest absolute Gasteiger partial charge is 0.366 e. The van der Waals surface area contributed by atoms with Crippen LogP contribution in [0.4, 0.5) is 5.69 Å². The van der Waals surface area contributed by atoms with Crippen molar-refractivity contribution in [2.24, 2.45) is 5.73 Å². The first kappa shape index (κ1) is 17.2. The van der Waals surface area contributed by atoms with E-state index in [1.165, 1.54) is 12.1 Å². The quantitative estimate of drug-likeness (QED) is 0.535. The smallest absolute Gasteiger partial charge is 0.272 e. The van der Waals surface area contributed by atoms with Gasteiger partial charge in [0.2, 0.25) is 11.8 Å². The molecule has 0 aliphatic heterocycles. The number of anilines is 1. The molecule has 3 aromatic rings. The topological polar surface area (TPSA) is 130 Å². The maximum absolute atomic E-state index is 12.2. The van der Waals surface area contributed by atoms with Crippen molar-refractivity contribution in [1.29, 1.82) is 0 Å². The lowest BCUT2D eigenvalue weighted by molar-refractivity contribution is -0.116. The van der Waals surface area contributed by atoms with Gasteiger partial charge in [-0.25, -0.2) is 0 Å². The summed E-state index contributed by atoms with van der Waals surface area (Å²) >= 11 is 0. The van der Waals surface area contributed by atoms with Crippen molar-refractivity contribution in [3.8, 4) is 0 Å². The SMILES string of the molecule is NC(=O)c1ccc(NC(=O)CCNC(=O)c2n[nH]c3ccccc23)cc1. The van der Waals surface area contributed by atoms with Crippen LogP contribution in [0.5, 0.6) is 0 Å². The van der Waals surface area contributed by atoms with E-state index in [9.17, 15) is 14.4 Å². The fraction of sp³-hybridized carbons (Fsp3) is 0.111. The third-order valence-corrected chi connectivity index (χ3v) is 3.78. The Balaban J connectivity index is 1.50. The third kappa shape index (κ3) is 3.86. The van der Waals surface area contributed by atoms with Gasteiger partial charge in [-0.2, -0.15) is 5.10 Å². The van der Waals surface area contributed by atoms with Gasteiger partial charge in [0.05, 0.1) is 5.52 Å². The van der Waals surface area contributed by atoms with Crippen LogP contribution >= 0.6 is 0 Å². The van der Waals surface area contributed by atoms with Crippen LogP contribution in [0.3, 0.4) is 0 Å². The summed E-state index contributed by atoms with van der Waals surface area (Å²) in [6, 6.07) is 13.5. The molecule has 0 aliphatic carbocycles. The second kappa shape index (κ2) is 7.47. The van der Waals surface area contributed by atoms with Crippen LogP contribution in [0.2, 0.25) is 0 Å². The summed E-state index contributed by atoms with van der Waals surface area (Å²) in [5, 5.41) is 12.9. The molecule has 0 spiro atoms. The van der Waals surface area contributed by atoms with Crippen LogP contribution in [0.15, 0.2) is 48.5 Å². The van der Waals surface area contributed by atoms with Gasteiger partial charge in [0, 0.05) is 29.6 Å². The van der Waals surface area contributed by atoms with Crippen molar-refractivity contribution in [2.45, 2.75) is 6.42 Å². The number of hydrogen-bond donors (Lipinski definition) is 4. The lowest BCUT2D eigenvalue weighted by Gasteiger charge is -2.06. The van der Waals surface area contributed by atoms with Gasteiger partial charge in [0.1, 0.15) is 0 Å². The van der Waals surface area contributed by atoms with Crippen LogP contribution in [-0.2, 0) is 4.79 Å². The number of carbonyl (C=O) groups excluding carboxylic acids is 3. The van der Waals surface area contributed by atoms with Gasteiger partial charge in [-0.3, -0.25) is 19.5 Å². The van der Waals surface area contributed by atoms with E-state index in [2.05, 4.69) is 20.8 Å². The van der Waals surface area contributed by atoms with Crippen molar-refractivity contribution in [2.75, 3.05) is 11.9 Å². The molecule has 0 bridgehead atoms. The Morgan fingerprint density at radius 2 is 1.77 bits per heavy atom. The minimum atomic E-state index is -0.531. The lowest BCUT2D eigenvalue weighted by atomic mass is 10.2. The molecule has 5 N–H and O–H groups in total. The van der Waals surface area contributed by atoms with Crippen molar-refractivity contribution < 1.29 is 14.4 Å². The van der Waals surface area contributed by atoms with Gasteiger partial charge in [-0.05, 0) is 30.3 Å². The Morgan fingerprint density at radius 3 is 2.50 bits per heavy atom. The Hall–Kier alpha value is -3.68. The number of aromatic nitrogens is 2. The zero-order chi connectivity index (χ0) is 18.5. The van der Waals surface area contributed by atoms with Gasteiger partial charge in [0.15, 0.2) is 5.69 Å². The zero-order valence-electron chi connectivity index (χ0n) is 13.8. The predicted octanol–water partition coefficient (Wildman–Crippen LogP) is 1.42. The van der Waals surface area contributed by atoms with Crippen molar-refractivity contribution in [1.82, 2.24) is 15.5 Å². The Labute approximate surface area is 148 Å². The van der Waals surface area contributed by atoms with E-state index in [0.29, 0.717) is 16.9 Å². The molecule has 8 nitrogen and oxygen atoms in total. The highest BCUT2D eigenvalue weighted by molar-refractivity contribution is 6.04. The van der Waals surface area contributed by atoms with Crippen molar-refractivity contribution >= 4 is 34.3 Å². The molecule has 0 saturated heterocycles. The summed E-state index contributed by atoms with van der Waals surface area (Å²) in [5.41, 5.74) is 7.14. The van der Waals surface area contributed by atoms with E-state index in [1.54, 1.807) is 18.2 Å². The van der Waals surface area contributed by atoms with Crippen LogP contribution < -0.4 is 16.4 Å². The molecule has 3 amide bonds. The molecule has 0 fully saturated rings. The number of nitrogens with two attached hydrogens (primary N) is 1. The first-order valence-corrected chi connectivity index (χ1v) is 7.95. The van der Waals surface area contributed by atoms with Crippen molar-refractivity contribution in [3.05, 3.63) is 59.8 Å². The Morgan fingerprint density at radius 1 is 1.04 bits per heavy atom. The Kier molecular flexibility index (Phi) is 4.93. The van der Waals surface area contributed by atoms with Gasteiger partial charge >= 0.3 is 0 Å². The fourth-order valence-electron chi connectivity index (χ4n) is 2.45. The molecular weight excluding hydrogens is 334 g/mol. The molecular formula is C18H17N5O3. The highest BCUT2D eigenvalue weighted by Gasteiger charge is 2.13. The van der Waals surface area contributed by atoms with E-state index >= 15 is 0 Å². The van der Waals surface area contributed by atoms with Crippen LogP contribution in [-0.4, -0.2) is 34.5 Å². The predicted molar refractivity (Wildman–Crippen MR) is 96.6 cm³/mol. The molecule has 2 aromatic carbocycles. The van der Waals surface area contributed by atoms with Crippen LogP contribution in [0.25, 0.3) is 10.9 Å². The number of para-hydroxylation sites is 1. The molecule has 132 valence electrons. The normalized spacial score (nSPS) is 10.5. The molecule has 3 rings (SSSR count). The molecule has 8 heteroatoms. The molecule has 0 saturated carbocycles. The molecule has 26 heavy (non-hydrogen) atoms. The summed E-state index contributed by atoms with van der Waals surface area (Å²) in [4.78, 5) is 35.1. The van der Waals surface area contributed by atoms with E-state index < -0.39 is 5.91 Å². The zero-order valence-corrected chi connectivity index (χ0v) is 13.8. The number of carbonyl (C=O) groups is 3. The van der Waals surface area contributed by atoms with Crippen LogP contribution in [0, 0.1) is 0 Å². The number of rotatable bonds is 6. The lowest BCUT2D eigenvalue weighted by Crippen LogP contribution is -2.28. The molecule has 0 aliphatic rings. The average molecular weight is 351 g/mol. The Bertz CT molecular complexity index is 962. The van der Waals surface area contributed by atoms with E-state index in [-0.39, 0.29) is 24.8 Å².